The van der Waals surface area contributed by atoms with Crippen LogP contribution >= 0.6 is 0 Å². The third-order valence-corrected chi connectivity index (χ3v) is 6.49. The Kier molecular flexibility index (Phi) is 5.43. The van der Waals surface area contributed by atoms with Crippen LogP contribution in [0, 0.1) is 6.92 Å². The van der Waals surface area contributed by atoms with E-state index in [1.165, 1.54) is 0 Å². The number of hydrogen-bond donors (Lipinski definition) is 1. The van der Waals surface area contributed by atoms with Gasteiger partial charge in [-0.2, -0.15) is 9.78 Å². The molecule has 2 fully saturated rings. The Morgan fingerprint density at radius 3 is 2.72 bits per heavy atom. The van der Waals surface area contributed by atoms with Crippen LogP contribution in [0.1, 0.15) is 54.4 Å². The lowest BCUT2D eigenvalue weighted by Gasteiger charge is -2.40. The SMILES string of the molecule is Cc1nn(-c2ccccn2)c2nc(C3CC3)cc(C(=O)NCC(C)(C)N3CCOCC3)c12. The molecule has 4 heterocycles. The summed E-state index contributed by atoms with van der Waals surface area (Å²) in [6.07, 6.45) is 3.96. The number of nitrogens with zero attached hydrogens (tertiary/aromatic N) is 5. The molecule has 0 bridgehead atoms. The van der Waals surface area contributed by atoms with Crippen molar-refractivity contribution in [3.8, 4) is 5.82 Å². The minimum Gasteiger partial charge on any atom is -0.379 e. The molecule has 1 saturated carbocycles. The third kappa shape index (κ3) is 4.00. The molecule has 1 aliphatic heterocycles. The first-order valence-electron chi connectivity index (χ1n) is 11.4. The van der Waals surface area contributed by atoms with Crippen molar-refractivity contribution >= 4 is 16.9 Å². The van der Waals surface area contributed by atoms with Gasteiger partial charge in [-0.15, -0.1) is 0 Å². The summed E-state index contributed by atoms with van der Waals surface area (Å²) in [6.45, 7) is 10.0. The van der Waals surface area contributed by atoms with Crippen LogP contribution in [-0.2, 0) is 4.74 Å². The Labute approximate surface area is 188 Å². The quantitative estimate of drug-likeness (QED) is 0.642. The van der Waals surface area contributed by atoms with E-state index in [9.17, 15) is 4.79 Å². The van der Waals surface area contributed by atoms with E-state index >= 15 is 0 Å². The molecule has 3 aromatic heterocycles. The smallest absolute Gasteiger partial charge is 0.252 e. The lowest BCUT2D eigenvalue weighted by atomic mass is 10.0. The second kappa shape index (κ2) is 8.26. The van der Waals surface area contributed by atoms with Crippen LogP contribution in [0.15, 0.2) is 30.5 Å². The molecule has 1 saturated heterocycles. The minimum atomic E-state index is -0.155. The van der Waals surface area contributed by atoms with E-state index in [1.54, 1.807) is 10.9 Å². The molecule has 5 rings (SSSR count). The van der Waals surface area contributed by atoms with Crippen LogP contribution in [0.4, 0.5) is 0 Å². The molecular formula is C24H30N6O2. The Balaban J connectivity index is 1.49. The number of morpholine rings is 1. The van der Waals surface area contributed by atoms with Gasteiger partial charge in [0.15, 0.2) is 11.5 Å². The van der Waals surface area contributed by atoms with Crippen LogP contribution in [0.25, 0.3) is 16.9 Å². The van der Waals surface area contributed by atoms with Gasteiger partial charge in [-0.3, -0.25) is 9.69 Å². The van der Waals surface area contributed by atoms with E-state index in [4.69, 9.17) is 14.8 Å². The predicted molar refractivity (Wildman–Crippen MR) is 122 cm³/mol. The van der Waals surface area contributed by atoms with Crippen molar-refractivity contribution in [3.63, 3.8) is 0 Å². The Morgan fingerprint density at radius 2 is 2.03 bits per heavy atom. The largest absolute Gasteiger partial charge is 0.379 e. The van der Waals surface area contributed by atoms with Crippen LogP contribution < -0.4 is 5.32 Å². The average molecular weight is 435 g/mol. The molecule has 1 aliphatic carbocycles. The lowest BCUT2D eigenvalue weighted by Crippen LogP contribution is -2.55. The third-order valence-electron chi connectivity index (χ3n) is 6.49. The number of fused-ring (bicyclic) bond motifs is 1. The standard InChI is InChI=1S/C24H30N6O2/c1-16-21-18(23(31)26-15-24(2,3)29-10-12-32-13-11-29)14-19(17-7-8-17)27-22(21)30(28-16)20-6-4-5-9-25-20/h4-6,9,14,17H,7-8,10-13,15H2,1-3H3,(H,26,31). The summed E-state index contributed by atoms with van der Waals surface area (Å²) in [5.41, 5.74) is 2.93. The van der Waals surface area contributed by atoms with Gasteiger partial charge < -0.3 is 10.1 Å². The molecule has 0 radical (unpaired) electrons. The van der Waals surface area contributed by atoms with Crippen molar-refractivity contribution in [2.24, 2.45) is 0 Å². The summed E-state index contributed by atoms with van der Waals surface area (Å²) in [4.78, 5) is 25.2. The maximum Gasteiger partial charge on any atom is 0.252 e. The van der Waals surface area contributed by atoms with Gasteiger partial charge in [0.05, 0.1) is 29.9 Å². The first-order chi connectivity index (χ1) is 15.4. The summed E-state index contributed by atoms with van der Waals surface area (Å²) in [6, 6.07) is 7.67. The highest BCUT2D eigenvalue weighted by molar-refractivity contribution is 6.06. The number of pyridine rings is 2. The summed E-state index contributed by atoms with van der Waals surface area (Å²) >= 11 is 0. The average Bonchev–Trinajstić information content (AvgIpc) is 3.62. The van der Waals surface area contributed by atoms with Crippen LogP contribution in [0.3, 0.4) is 0 Å². The number of rotatable bonds is 6. The van der Waals surface area contributed by atoms with Gasteiger partial charge in [0.2, 0.25) is 0 Å². The number of ether oxygens (including phenoxy) is 1. The van der Waals surface area contributed by atoms with Gasteiger partial charge in [-0.25, -0.2) is 9.97 Å². The highest BCUT2D eigenvalue weighted by Gasteiger charge is 2.31. The summed E-state index contributed by atoms with van der Waals surface area (Å²) in [5, 5.41) is 8.68. The van der Waals surface area contributed by atoms with Gasteiger partial charge in [0, 0.05) is 43.0 Å². The zero-order valence-electron chi connectivity index (χ0n) is 19.0. The van der Waals surface area contributed by atoms with Crippen molar-refractivity contribution < 1.29 is 9.53 Å². The van der Waals surface area contributed by atoms with Crippen molar-refractivity contribution in [1.29, 1.82) is 0 Å². The Hall–Kier alpha value is -2.84. The highest BCUT2D eigenvalue weighted by atomic mass is 16.5. The van der Waals surface area contributed by atoms with E-state index < -0.39 is 0 Å². The number of aromatic nitrogens is 4. The van der Waals surface area contributed by atoms with Gasteiger partial charge in [-0.1, -0.05) is 6.07 Å². The Bertz CT molecular complexity index is 1130. The monoisotopic (exact) mass is 434 g/mol. The molecule has 0 aromatic carbocycles. The molecule has 8 nitrogen and oxygen atoms in total. The fraction of sp³-hybridized carbons (Fsp3) is 0.500. The molecule has 8 heteroatoms. The number of aryl methyl sites for hydroxylation is 1. The van der Waals surface area contributed by atoms with E-state index in [2.05, 4.69) is 29.0 Å². The normalized spacial score (nSPS) is 17.6. The number of carbonyl (C=O) groups is 1. The molecule has 168 valence electrons. The van der Waals surface area contributed by atoms with E-state index in [1.807, 2.05) is 31.2 Å². The number of hydrogen-bond acceptors (Lipinski definition) is 6. The second-order valence-electron chi connectivity index (χ2n) is 9.35. The fourth-order valence-corrected chi connectivity index (χ4v) is 4.39. The maximum atomic E-state index is 13.4. The minimum absolute atomic E-state index is 0.0793. The lowest BCUT2D eigenvalue weighted by molar-refractivity contribution is -0.00922. The van der Waals surface area contributed by atoms with Gasteiger partial charge in [0.1, 0.15) is 0 Å². The molecule has 0 spiro atoms. The van der Waals surface area contributed by atoms with Crippen molar-refractivity contribution in [3.05, 3.63) is 47.4 Å². The van der Waals surface area contributed by atoms with Crippen molar-refractivity contribution in [2.45, 2.75) is 45.1 Å². The number of amides is 1. The molecule has 1 amide bonds. The number of nitrogens with one attached hydrogen (secondary N) is 1. The maximum absolute atomic E-state index is 13.4. The molecule has 0 atom stereocenters. The fourth-order valence-electron chi connectivity index (χ4n) is 4.39. The summed E-state index contributed by atoms with van der Waals surface area (Å²) in [5.74, 6) is 1.04. The molecular weight excluding hydrogens is 404 g/mol. The van der Waals surface area contributed by atoms with Gasteiger partial charge in [-0.05, 0) is 51.8 Å². The highest BCUT2D eigenvalue weighted by Crippen LogP contribution is 2.40. The van der Waals surface area contributed by atoms with E-state index in [-0.39, 0.29) is 11.4 Å². The van der Waals surface area contributed by atoms with Crippen LogP contribution in [0.5, 0.6) is 0 Å². The van der Waals surface area contributed by atoms with E-state index in [0.29, 0.717) is 29.5 Å². The zero-order valence-corrected chi connectivity index (χ0v) is 19.0. The van der Waals surface area contributed by atoms with Gasteiger partial charge >= 0.3 is 0 Å². The van der Waals surface area contributed by atoms with E-state index in [0.717, 1.165) is 55.9 Å². The molecule has 2 aliphatic rings. The number of carbonyl (C=O) groups excluding carboxylic acids is 1. The van der Waals surface area contributed by atoms with Crippen LogP contribution in [-0.4, -0.2) is 68.9 Å². The first kappa shape index (κ1) is 21.0. The zero-order chi connectivity index (χ0) is 22.3. The van der Waals surface area contributed by atoms with Crippen LogP contribution in [0.2, 0.25) is 0 Å². The second-order valence-corrected chi connectivity index (χ2v) is 9.35. The predicted octanol–water partition coefficient (Wildman–Crippen LogP) is 2.84. The Morgan fingerprint density at radius 1 is 1.25 bits per heavy atom. The summed E-state index contributed by atoms with van der Waals surface area (Å²) < 4.78 is 7.24. The first-order valence-corrected chi connectivity index (χ1v) is 11.4. The topological polar surface area (TPSA) is 85.2 Å². The molecule has 1 N–H and O–H groups in total. The molecule has 32 heavy (non-hydrogen) atoms. The van der Waals surface area contributed by atoms with Crippen molar-refractivity contribution in [1.82, 2.24) is 30.0 Å². The summed E-state index contributed by atoms with van der Waals surface area (Å²) in [7, 11) is 0. The van der Waals surface area contributed by atoms with Crippen molar-refractivity contribution in [2.75, 3.05) is 32.8 Å². The molecule has 3 aromatic rings. The molecule has 0 unspecified atom stereocenters. The van der Waals surface area contributed by atoms with Gasteiger partial charge in [0.25, 0.3) is 5.91 Å².